The average molecular weight is 432 g/mol. The second kappa shape index (κ2) is 8.82. The van der Waals surface area contributed by atoms with Gasteiger partial charge in [-0.1, -0.05) is 18.2 Å². The van der Waals surface area contributed by atoms with Crippen LogP contribution in [0.5, 0.6) is 0 Å². The highest BCUT2D eigenvalue weighted by molar-refractivity contribution is 6.07. The van der Waals surface area contributed by atoms with Crippen LogP contribution in [0.15, 0.2) is 24.3 Å². The number of hydrogen-bond donors (Lipinski definition) is 1. The molecule has 168 valence electrons. The lowest BCUT2D eigenvalue weighted by molar-refractivity contribution is -0.135. The second-order valence-electron chi connectivity index (χ2n) is 8.47. The van der Waals surface area contributed by atoms with Crippen LogP contribution in [0, 0.1) is 5.82 Å². The Morgan fingerprint density at radius 3 is 2.48 bits per heavy atom. The topological polar surface area (TPSA) is 82.2 Å². The van der Waals surface area contributed by atoms with Crippen LogP contribution in [0.25, 0.3) is 0 Å². The molecule has 0 radical (unpaired) electrons. The molecule has 4 rings (SSSR count). The van der Waals surface area contributed by atoms with E-state index in [1.165, 1.54) is 11.0 Å². The number of piperidine rings is 2. The summed E-state index contributed by atoms with van der Waals surface area (Å²) in [6, 6.07) is 6.24. The molecule has 1 spiro atoms. The quantitative estimate of drug-likeness (QED) is 0.739. The predicted molar refractivity (Wildman–Crippen MR) is 111 cm³/mol. The molecule has 3 aliphatic heterocycles. The van der Waals surface area contributed by atoms with Crippen molar-refractivity contribution in [3.05, 3.63) is 35.6 Å². The molecule has 1 aromatic rings. The normalized spacial score (nSPS) is 22.1. The Bertz CT molecular complexity index is 848. The highest BCUT2D eigenvalue weighted by Crippen LogP contribution is 2.33. The summed E-state index contributed by atoms with van der Waals surface area (Å²) in [5.74, 6) is -0.400. The molecule has 31 heavy (non-hydrogen) atoms. The van der Waals surface area contributed by atoms with Gasteiger partial charge in [0.25, 0.3) is 5.91 Å². The van der Waals surface area contributed by atoms with Crippen molar-refractivity contribution in [1.29, 1.82) is 0 Å². The predicted octanol–water partition coefficient (Wildman–Crippen LogP) is 2.33. The van der Waals surface area contributed by atoms with Gasteiger partial charge in [0.15, 0.2) is 0 Å². The van der Waals surface area contributed by atoms with Crippen molar-refractivity contribution in [2.24, 2.45) is 0 Å². The number of benzene rings is 1. The maximum absolute atomic E-state index is 13.9. The van der Waals surface area contributed by atoms with Crippen LogP contribution in [-0.4, -0.2) is 77.1 Å². The fourth-order valence-electron chi connectivity index (χ4n) is 4.80. The van der Waals surface area contributed by atoms with E-state index >= 15 is 0 Å². The molecule has 0 atom stereocenters. The molecule has 0 aliphatic carbocycles. The number of carbonyl (C=O) groups excluding carboxylic acids is 3. The van der Waals surface area contributed by atoms with Gasteiger partial charge in [-0.15, -0.1) is 0 Å². The molecule has 3 aliphatic rings. The number of nitrogens with zero attached hydrogens (tertiary/aromatic N) is 3. The summed E-state index contributed by atoms with van der Waals surface area (Å²) in [6.07, 6.45) is 1.73. The van der Waals surface area contributed by atoms with E-state index in [1.807, 2.05) is 6.07 Å². The summed E-state index contributed by atoms with van der Waals surface area (Å²) in [5.41, 5.74) is -0.270. The summed E-state index contributed by atoms with van der Waals surface area (Å²) in [5, 5.41) is 2.91. The zero-order chi connectivity index (χ0) is 22.0. The number of imide groups is 1. The van der Waals surface area contributed by atoms with Crippen molar-refractivity contribution >= 4 is 18.0 Å². The second-order valence-corrected chi connectivity index (χ2v) is 8.47. The number of rotatable bonds is 4. The van der Waals surface area contributed by atoms with E-state index in [4.69, 9.17) is 4.74 Å². The van der Waals surface area contributed by atoms with E-state index in [0.29, 0.717) is 70.6 Å². The highest BCUT2D eigenvalue weighted by atomic mass is 19.1. The lowest BCUT2D eigenvalue weighted by atomic mass is 9.87. The smallest absolute Gasteiger partial charge is 0.409 e. The Morgan fingerprint density at radius 2 is 1.84 bits per heavy atom. The number of hydrogen-bond acceptors (Lipinski definition) is 5. The van der Waals surface area contributed by atoms with E-state index in [1.54, 1.807) is 24.0 Å². The summed E-state index contributed by atoms with van der Waals surface area (Å²) in [7, 11) is 0. The third kappa shape index (κ3) is 4.23. The minimum Gasteiger partial charge on any atom is -0.450 e. The van der Waals surface area contributed by atoms with Crippen molar-refractivity contribution in [3.8, 4) is 0 Å². The van der Waals surface area contributed by atoms with Gasteiger partial charge in [-0.3, -0.25) is 14.6 Å². The third-order valence-corrected chi connectivity index (χ3v) is 6.61. The minimum atomic E-state index is -0.926. The molecular formula is C22H29FN4O4. The number of amides is 4. The molecule has 9 heteroatoms. The van der Waals surface area contributed by atoms with Gasteiger partial charge in [0.1, 0.15) is 11.4 Å². The zero-order valence-corrected chi connectivity index (χ0v) is 17.8. The van der Waals surface area contributed by atoms with E-state index in [0.717, 1.165) is 0 Å². The summed E-state index contributed by atoms with van der Waals surface area (Å²) in [4.78, 5) is 43.0. The number of halogens is 1. The molecule has 4 amide bonds. The first-order chi connectivity index (χ1) is 14.9. The summed E-state index contributed by atoms with van der Waals surface area (Å²) in [6.45, 7) is 4.72. The largest absolute Gasteiger partial charge is 0.450 e. The Kier molecular flexibility index (Phi) is 6.13. The third-order valence-electron chi connectivity index (χ3n) is 6.61. The lowest BCUT2D eigenvalue weighted by Crippen LogP contribution is -2.56. The molecule has 0 bridgehead atoms. The number of carbonyl (C=O) groups is 3. The number of ether oxygens (including phenoxy) is 1. The fraction of sp³-hybridized carbons (Fsp3) is 0.591. The molecule has 0 saturated carbocycles. The maximum atomic E-state index is 13.9. The van der Waals surface area contributed by atoms with Crippen LogP contribution >= 0.6 is 0 Å². The monoisotopic (exact) mass is 432 g/mol. The molecular weight excluding hydrogens is 403 g/mol. The molecule has 3 saturated heterocycles. The highest BCUT2D eigenvalue weighted by Gasteiger charge is 2.54. The maximum Gasteiger partial charge on any atom is 0.409 e. The molecule has 3 fully saturated rings. The van der Waals surface area contributed by atoms with Crippen molar-refractivity contribution in [1.82, 2.24) is 20.0 Å². The summed E-state index contributed by atoms with van der Waals surface area (Å²) >= 11 is 0. The van der Waals surface area contributed by atoms with Gasteiger partial charge >= 0.3 is 12.1 Å². The van der Waals surface area contributed by atoms with Gasteiger partial charge in [-0.25, -0.2) is 14.0 Å². The average Bonchev–Trinajstić information content (AvgIpc) is 3.00. The Balaban J connectivity index is 1.34. The van der Waals surface area contributed by atoms with Gasteiger partial charge in [0.2, 0.25) is 0 Å². The lowest BCUT2D eigenvalue weighted by Gasteiger charge is -2.38. The Hall–Kier alpha value is -2.68. The van der Waals surface area contributed by atoms with E-state index < -0.39 is 5.54 Å². The molecule has 1 N–H and O–H groups in total. The van der Waals surface area contributed by atoms with Gasteiger partial charge in [0, 0.05) is 44.3 Å². The van der Waals surface area contributed by atoms with E-state index in [-0.39, 0.29) is 29.9 Å². The molecule has 8 nitrogen and oxygen atoms in total. The van der Waals surface area contributed by atoms with Gasteiger partial charge in [-0.05, 0) is 38.7 Å². The number of urea groups is 1. The SMILES string of the molecule is CCOC(=O)N1CCC2(CC1)NC(=O)N(C1CCN(Cc3ccccc3F)CC1)C2=O. The Morgan fingerprint density at radius 1 is 1.16 bits per heavy atom. The van der Waals surface area contributed by atoms with Crippen LogP contribution in [0.4, 0.5) is 14.0 Å². The van der Waals surface area contributed by atoms with Gasteiger partial charge < -0.3 is 15.0 Å². The van der Waals surface area contributed by atoms with Crippen LogP contribution in [0.3, 0.4) is 0 Å². The molecule has 0 unspecified atom stereocenters. The molecule has 1 aromatic carbocycles. The molecule has 3 heterocycles. The standard InChI is InChI=1S/C22H29FN4O4/c1-2-31-21(30)26-13-9-22(10-14-26)19(28)27(20(29)24-22)17-7-11-25(12-8-17)15-16-5-3-4-6-18(16)23/h3-6,17H,2,7-15H2,1H3,(H,24,29). The van der Waals surface area contributed by atoms with Crippen molar-refractivity contribution in [3.63, 3.8) is 0 Å². The zero-order valence-electron chi connectivity index (χ0n) is 17.8. The van der Waals surface area contributed by atoms with Crippen LogP contribution < -0.4 is 5.32 Å². The van der Waals surface area contributed by atoms with Crippen molar-refractivity contribution in [2.45, 2.75) is 50.7 Å². The minimum absolute atomic E-state index is 0.160. The first-order valence-electron chi connectivity index (χ1n) is 11.0. The summed E-state index contributed by atoms with van der Waals surface area (Å²) < 4.78 is 19.0. The van der Waals surface area contributed by atoms with Crippen LogP contribution in [-0.2, 0) is 16.1 Å². The van der Waals surface area contributed by atoms with E-state index in [2.05, 4.69) is 10.2 Å². The van der Waals surface area contributed by atoms with Gasteiger partial charge in [0.05, 0.1) is 6.61 Å². The number of likely N-dealkylation sites (tertiary alicyclic amines) is 2. The number of nitrogens with one attached hydrogen (secondary N) is 1. The first-order valence-corrected chi connectivity index (χ1v) is 11.0. The van der Waals surface area contributed by atoms with Crippen molar-refractivity contribution < 1.29 is 23.5 Å². The van der Waals surface area contributed by atoms with Crippen LogP contribution in [0.2, 0.25) is 0 Å². The first kappa shape index (κ1) is 21.5. The molecule has 0 aromatic heterocycles. The Labute approximate surface area is 181 Å². The van der Waals surface area contributed by atoms with E-state index in [9.17, 15) is 18.8 Å². The van der Waals surface area contributed by atoms with Gasteiger partial charge in [-0.2, -0.15) is 0 Å². The van der Waals surface area contributed by atoms with Crippen molar-refractivity contribution in [2.75, 3.05) is 32.8 Å². The fourth-order valence-corrected chi connectivity index (χ4v) is 4.80. The van der Waals surface area contributed by atoms with Crippen LogP contribution in [0.1, 0.15) is 38.2 Å².